The summed E-state index contributed by atoms with van der Waals surface area (Å²) in [6, 6.07) is 0.0311. The first-order chi connectivity index (χ1) is 10.1. The minimum atomic E-state index is -1.11. The number of aromatic carboxylic acids is 1. The Kier molecular flexibility index (Phi) is 5.13. The van der Waals surface area contributed by atoms with Crippen LogP contribution < -0.4 is 10.6 Å². The van der Waals surface area contributed by atoms with Gasteiger partial charge < -0.3 is 15.7 Å². The molecule has 0 aliphatic heterocycles. The molecule has 1 heterocycles. The van der Waals surface area contributed by atoms with Crippen molar-refractivity contribution in [3.8, 4) is 0 Å². The number of nitrogens with zero attached hydrogens (tertiary/aromatic N) is 3. The summed E-state index contributed by atoms with van der Waals surface area (Å²) in [5, 5.41) is 21.6. The minimum absolute atomic E-state index is 0.102. The quantitative estimate of drug-likeness (QED) is 0.659. The van der Waals surface area contributed by atoms with E-state index in [1.165, 1.54) is 23.7 Å². The summed E-state index contributed by atoms with van der Waals surface area (Å²) in [6.45, 7) is 2.82. The van der Waals surface area contributed by atoms with E-state index in [1.54, 1.807) is 0 Å². The van der Waals surface area contributed by atoms with Crippen molar-refractivity contribution in [2.75, 3.05) is 6.54 Å². The van der Waals surface area contributed by atoms with Gasteiger partial charge in [0.2, 0.25) is 0 Å². The second kappa shape index (κ2) is 7.05. The second-order valence-electron chi connectivity index (χ2n) is 5.36. The van der Waals surface area contributed by atoms with Crippen molar-refractivity contribution in [2.45, 2.75) is 45.2 Å². The van der Waals surface area contributed by atoms with E-state index in [2.05, 4.69) is 27.9 Å². The molecule has 21 heavy (non-hydrogen) atoms. The molecule has 1 saturated carbocycles. The highest BCUT2D eigenvalue weighted by atomic mass is 16.4. The van der Waals surface area contributed by atoms with Crippen LogP contribution >= 0.6 is 0 Å². The Balaban J connectivity index is 1.66. The zero-order chi connectivity index (χ0) is 15.2. The molecule has 116 valence electrons. The Labute approximate surface area is 122 Å². The molecular formula is C13H21N5O3. The predicted octanol–water partition coefficient (Wildman–Crippen LogP) is 0.854. The Bertz CT molecular complexity index is 498. The fourth-order valence-electron chi connectivity index (χ4n) is 2.11. The molecule has 1 atom stereocenters. The maximum atomic E-state index is 11.8. The highest BCUT2D eigenvalue weighted by Gasteiger charge is 2.25. The fourth-order valence-corrected chi connectivity index (χ4v) is 2.11. The van der Waals surface area contributed by atoms with Crippen LogP contribution in [-0.4, -0.2) is 44.7 Å². The van der Waals surface area contributed by atoms with Crippen molar-refractivity contribution < 1.29 is 14.7 Å². The number of amides is 2. The first-order valence-electron chi connectivity index (χ1n) is 7.26. The number of aromatic nitrogens is 3. The van der Waals surface area contributed by atoms with E-state index in [-0.39, 0.29) is 17.8 Å². The number of nitrogens with one attached hydrogen (secondary N) is 2. The van der Waals surface area contributed by atoms with Gasteiger partial charge in [-0.15, -0.1) is 5.10 Å². The van der Waals surface area contributed by atoms with E-state index < -0.39 is 5.97 Å². The van der Waals surface area contributed by atoms with E-state index in [0.29, 0.717) is 13.1 Å². The summed E-state index contributed by atoms with van der Waals surface area (Å²) in [7, 11) is 0. The molecule has 0 radical (unpaired) electrons. The standard InChI is InChI=1S/C13H21N5O3/c1-2-10(7-9-3-4-9)15-13(21)14-5-6-18-8-11(12(19)20)16-17-18/h8-10H,2-7H2,1H3,(H,19,20)(H2,14,15,21). The Hall–Kier alpha value is -2.12. The number of urea groups is 1. The molecule has 1 aliphatic rings. The van der Waals surface area contributed by atoms with Crippen LogP contribution in [0.15, 0.2) is 6.20 Å². The minimum Gasteiger partial charge on any atom is -0.476 e. The summed E-state index contributed by atoms with van der Waals surface area (Å²) < 4.78 is 1.39. The molecule has 1 aromatic heterocycles. The Morgan fingerprint density at radius 1 is 1.52 bits per heavy atom. The molecule has 0 aromatic carbocycles. The van der Waals surface area contributed by atoms with Crippen LogP contribution in [0.1, 0.15) is 43.1 Å². The number of carbonyl (C=O) groups excluding carboxylic acids is 1. The van der Waals surface area contributed by atoms with Crippen LogP contribution in [0, 0.1) is 5.92 Å². The van der Waals surface area contributed by atoms with Crippen molar-refractivity contribution in [3.63, 3.8) is 0 Å². The lowest BCUT2D eigenvalue weighted by molar-refractivity contribution is 0.0690. The Morgan fingerprint density at radius 3 is 2.86 bits per heavy atom. The van der Waals surface area contributed by atoms with Crippen LogP contribution in [0.4, 0.5) is 4.79 Å². The molecule has 1 fully saturated rings. The van der Waals surface area contributed by atoms with Gasteiger partial charge in [-0.3, -0.25) is 0 Å². The third-order valence-electron chi connectivity index (χ3n) is 3.53. The van der Waals surface area contributed by atoms with E-state index in [0.717, 1.165) is 18.8 Å². The van der Waals surface area contributed by atoms with Crippen LogP contribution in [0.25, 0.3) is 0 Å². The van der Waals surface area contributed by atoms with E-state index >= 15 is 0 Å². The first-order valence-corrected chi connectivity index (χ1v) is 7.26. The fraction of sp³-hybridized carbons (Fsp3) is 0.692. The summed E-state index contributed by atoms with van der Waals surface area (Å²) >= 11 is 0. The van der Waals surface area contributed by atoms with Crippen molar-refractivity contribution in [3.05, 3.63) is 11.9 Å². The van der Waals surface area contributed by atoms with Gasteiger partial charge in [0.25, 0.3) is 0 Å². The highest BCUT2D eigenvalue weighted by molar-refractivity contribution is 5.84. The highest BCUT2D eigenvalue weighted by Crippen LogP contribution is 2.33. The Morgan fingerprint density at radius 2 is 2.29 bits per heavy atom. The maximum Gasteiger partial charge on any atom is 0.358 e. The average molecular weight is 295 g/mol. The van der Waals surface area contributed by atoms with E-state index in [4.69, 9.17) is 5.11 Å². The number of carbonyl (C=O) groups is 2. The summed E-state index contributed by atoms with van der Waals surface area (Å²) in [4.78, 5) is 22.4. The molecule has 1 aliphatic carbocycles. The monoisotopic (exact) mass is 295 g/mol. The molecular weight excluding hydrogens is 274 g/mol. The third-order valence-corrected chi connectivity index (χ3v) is 3.53. The molecule has 3 N–H and O–H groups in total. The van der Waals surface area contributed by atoms with Crippen molar-refractivity contribution in [2.24, 2.45) is 5.92 Å². The largest absolute Gasteiger partial charge is 0.476 e. The lowest BCUT2D eigenvalue weighted by Crippen LogP contribution is -2.43. The lowest BCUT2D eigenvalue weighted by Gasteiger charge is -2.17. The molecule has 8 heteroatoms. The molecule has 1 aromatic rings. The maximum absolute atomic E-state index is 11.8. The molecule has 2 rings (SSSR count). The SMILES string of the molecule is CCC(CC1CC1)NC(=O)NCCn1cc(C(=O)O)nn1. The van der Waals surface area contributed by atoms with Gasteiger partial charge in [0, 0.05) is 12.6 Å². The summed E-state index contributed by atoms with van der Waals surface area (Å²) in [6.07, 6.45) is 5.86. The lowest BCUT2D eigenvalue weighted by atomic mass is 10.1. The van der Waals surface area contributed by atoms with Gasteiger partial charge in [-0.05, 0) is 18.8 Å². The molecule has 8 nitrogen and oxygen atoms in total. The second-order valence-corrected chi connectivity index (χ2v) is 5.36. The number of hydrogen-bond donors (Lipinski definition) is 3. The number of carboxylic acids is 1. The van der Waals surface area contributed by atoms with Gasteiger partial charge in [-0.25, -0.2) is 14.3 Å². The molecule has 0 spiro atoms. The molecule has 0 bridgehead atoms. The molecule has 2 amide bonds. The van der Waals surface area contributed by atoms with Crippen molar-refractivity contribution in [1.82, 2.24) is 25.6 Å². The topological polar surface area (TPSA) is 109 Å². The van der Waals surface area contributed by atoms with Crippen LogP contribution in [0.2, 0.25) is 0 Å². The van der Waals surface area contributed by atoms with Gasteiger partial charge in [0.05, 0.1) is 12.7 Å². The van der Waals surface area contributed by atoms with Crippen molar-refractivity contribution >= 4 is 12.0 Å². The average Bonchev–Trinajstić information content (AvgIpc) is 3.13. The third kappa shape index (κ3) is 5.05. The smallest absolute Gasteiger partial charge is 0.358 e. The van der Waals surface area contributed by atoms with Gasteiger partial charge in [-0.1, -0.05) is 25.0 Å². The zero-order valence-corrected chi connectivity index (χ0v) is 12.1. The van der Waals surface area contributed by atoms with E-state index in [9.17, 15) is 9.59 Å². The number of carboxylic acid groups (broad SMARTS) is 1. The van der Waals surface area contributed by atoms with E-state index in [1.807, 2.05) is 0 Å². The number of hydrogen-bond acceptors (Lipinski definition) is 4. The van der Waals surface area contributed by atoms with Crippen LogP contribution in [-0.2, 0) is 6.54 Å². The first kappa shape index (κ1) is 15.3. The molecule has 0 saturated heterocycles. The zero-order valence-electron chi connectivity index (χ0n) is 12.1. The number of rotatable bonds is 8. The van der Waals surface area contributed by atoms with Gasteiger partial charge in [0.1, 0.15) is 0 Å². The molecule has 1 unspecified atom stereocenters. The van der Waals surface area contributed by atoms with Gasteiger partial charge >= 0.3 is 12.0 Å². The van der Waals surface area contributed by atoms with Gasteiger partial charge in [-0.2, -0.15) is 0 Å². The normalized spacial score (nSPS) is 15.5. The predicted molar refractivity (Wildman–Crippen MR) is 74.9 cm³/mol. The summed E-state index contributed by atoms with van der Waals surface area (Å²) in [5.74, 6) is -0.336. The van der Waals surface area contributed by atoms with Crippen molar-refractivity contribution in [1.29, 1.82) is 0 Å². The summed E-state index contributed by atoms with van der Waals surface area (Å²) in [5.41, 5.74) is -0.102. The van der Waals surface area contributed by atoms with Gasteiger partial charge in [0.15, 0.2) is 5.69 Å². The van der Waals surface area contributed by atoms with Crippen LogP contribution in [0.3, 0.4) is 0 Å². The van der Waals surface area contributed by atoms with Crippen LogP contribution in [0.5, 0.6) is 0 Å².